The number of nitriles is 1. The standard InChI is InChI=1S/C26H26F4N8O4/c1-42-23-16(6-15(9-33-23)20-14(8-31)7-19-21(32)34-12-35-38(19)20)22(39)36-18-11-37(10-17(18)27)24(40)13-2-4-25(41,5-3-13)26(28,29)30/h6-7,9,12-13,17-18,41H,2-5,10-11H2,1H3,(H,36,39)(H2,32,34,35)/t13?,17-,18+,25?/m0/s1. The van der Waals surface area contributed by atoms with Gasteiger partial charge in [-0.15, -0.1) is 0 Å². The minimum absolute atomic E-state index is 0.0773. The summed E-state index contributed by atoms with van der Waals surface area (Å²) >= 11 is 0. The molecule has 0 bridgehead atoms. The predicted octanol–water partition coefficient (Wildman–Crippen LogP) is 2.02. The molecule has 0 radical (unpaired) electrons. The summed E-state index contributed by atoms with van der Waals surface area (Å²) in [6, 6.07) is 3.83. The van der Waals surface area contributed by atoms with E-state index in [0.29, 0.717) is 11.1 Å². The summed E-state index contributed by atoms with van der Waals surface area (Å²) < 4.78 is 61.0. The maximum absolute atomic E-state index is 15.0. The van der Waals surface area contributed by atoms with Crippen LogP contribution in [0.5, 0.6) is 5.88 Å². The lowest BCUT2D eigenvalue weighted by Gasteiger charge is -2.37. The highest BCUT2D eigenvalue weighted by Gasteiger charge is 2.55. The number of pyridine rings is 1. The van der Waals surface area contributed by atoms with Gasteiger partial charge in [-0.3, -0.25) is 9.59 Å². The zero-order chi connectivity index (χ0) is 30.4. The summed E-state index contributed by atoms with van der Waals surface area (Å²) in [5, 5.41) is 26.3. The molecular formula is C26H26F4N8O4. The Morgan fingerprint density at radius 3 is 2.60 bits per heavy atom. The third-order valence-corrected chi connectivity index (χ3v) is 7.85. The third-order valence-electron chi connectivity index (χ3n) is 7.85. The second-order valence-electron chi connectivity index (χ2n) is 10.4. The molecule has 3 aromatic heterocycles. The van der Waals surface area contributed by atoms with Crippen molar-refractivity contribution >= 4 is 23.1 Å². The van der Waals surface area contributed by atoms with Crippen molar-refractivity contribution in [2.45, 2.75) is 49.7 Å². The maximum Gasteiger partial charge on any atom is 0.417 e. The van der Waals surface area contributed by atoms with E-state index in [1.165, 1.54) is 41.2 Å². The Morgan fingerprint density at radius 2 is 1.95 bits per heavy atom. The first-order valence-electron chi connectivity index (χ1n) is 13.0. The number of carbonyl (C=O) groups excluding carboxylic acids is 2. The van der Waals surface area contributed by atoms with Gasteiger partial charge in [-0.2, -0.15) is 23.5 Å². The lowest BCUT2D eigenvalue weighted by molar-refractivity contribution is -0.271. The van der Waals surface area contributed by atoms with Gasteiger partial charge in [-0.05, 0) is 37.8 Å². The van der Waals surface area contributed by atoms with Gasteiger partial charge in [-0.1, -0.05) is 0 Å². The van der Waals surface area contributed by atoms with Crippen molar-refractivity contribution < 1.29 is 37.0 Å². The second kappa shape index (κ2) is 10.7. The number of halogens is 4. The molecule has 222 valence electrons. The number of hydrogen-bond donors (Lipinski definition) is 3. The van der Waals surface area contributed by atoms with Crippen LogP contribution in [0.1, 0.15) is 41.6 Å². The first kappa shape index (κ1) is 29.0. The molecular weight excluding hydrogens is 564 g/mol. The topological polar surface area (TPSA) is 172 Å². The number of nitrogens with one attached hydrogen (secondary N) is 1. The molecule has 16 heteroatoms. The van der Waals surface area contributed by atoms with Gasteiger partial charge in [0.25, 0.3) is 5.91 Å². The summed E-state index contributed by atoms with van der Waals surface area (Å²) in [4.78, 5) is 35.5. The number of aromatic nitrogens is 4. The number of nitrogens with zero attached hydrogens (tertiary/aromatic N) is 6. The van der Waals surface area contributed by atoms with E-state index in [2.05, 4.69) is 20.4 Å². The van der Waals surface area contributed by atoms with Crippen LogP contribution in [-0.2, 0) is 4.79 Å². The van der Waals surface area contributed by atoms with Crippen molar-refractivity contribution in [2.24, 2.45) is 5.92 Å². The number of ether oxygens (including phenoxy) is 1. The highest BCUT2D eigenvalue weighted by atomic mass is 19.4. The first-order valence-corrected chi connectivity index (χ1v) is 13.0. The van der Waals surface area contributed by atoms with Crippen LogP contribution in [0.4, 0.5) is 23.4 Å². The number of likely N-dealkylation sites (tertiary alicyclic amines) is 1. The van der Waals surface area contributed by atoms with Crippen molar-refractivity contribution in [3.8, 4) is 23.2 Å². The quantitative estimate of drug-likeness (QED) is 0.376. The fraction of sp³-hybridized carbons (Fsp3) is 0.462. The molecule has 0 aromatic carbocycles. The maximum atomic E-state index is 15.0. The van der Waals surface area contributed by atoms with Crippen LogP contribution < -0.4 is 15.8 Å². The van der Waals surface area contributed by atoms with Crippen LogP contribution in [0.2, 0.25) is 0 Å². The van der Waals surface area contributed by atoms with Gasteiger partial charge in [0.15, 0.2) is 11.4 Å². The molecule has 3 aromatic rings. The molecule has 2 fully saturated rings. The van der Waals surface area contributed by atoms with E-state index in [-0.39, 0.29) is 54.4 Å². The number of rotatable bonds is 5. The SMILES string of the molecule is COc1ncc(-c2c(C#N)cc3c(N)ncnn23)cc1C(=O)N[C@@H]1CN(C(=O)C2CCC(O)(C(F)(F)F)CC2)C[C@@H]1F. The average Bonchev–Trinajstić information content (AvgIpc) is 3.53. The summed E-state index contributed by atoms with van der Waals surface area (Å²) in [6.07, 6.45) is -5.49. The van der Waals surface area contributed by atoms with Crippen LogP contribution in [0.15, 0.2) is 24.7 Å². The Bertz CT molecular complexity index is 1580. The number of fused-ring (bicyclic) bond motifs is 1. The van der Waals surface area contributed by atoms with Crippen molar-refractivity contribution in [2.75, 3.05) is 25.9 Å². The number of aliphatic hydroxyl groups is 1. The number of amides is 2. The van der Waals surface area contributed by atoms with Crippen LogP contribution in [-0.4, -0.2) is 85.6 Å². The molecule has 1 saturated heterocycles. The minimum atomic E-state index is -4.80. The van der Waals surface area contributed by atoms with Crippen molar-refractivity contribution in [1.29, 1.82) is 5.26 Å². The number of nitrogens with two attached hydrogens (primary N) is 1. The van der Waals surface area contributed by atoms with Gasteiger partial charge < -0.3 is 25.8 Å². The molecule has 42 heavy (non-hydrogen) atoms. The Morgan fingerprint density at radius 1 is 1.24 bits per heavy atom. The van der Waals surface area contributed by atoms with E-state index in [1.807, 2.05) is 6.07 Å². The van der Waals surface area contributed by atoms with Gasteiger partial charge in [0.05, 0.1) is 31.0 Å². The van der Waals surface area contributed by atoms with Crippen molar-refractivity contribution in [3.05, 3.63) is 35.8 Å². The molecule has 12 nitrogen and oxygen atoms in total. The molecule has 1 saturated carbocycles. The lowest BCUT2D eigenvalue weighted by atomic mass is 9.78. The minimum Gasteiger partial charge on any atom is -0.480 e. The zero-order valence-corrected chi connectivity index (χ0v) is 22.2. The predicted molar refractivity (Wildman–Crippen MR) is 138 cm³/mol. The smallest absolute Gasteiger partial charge is 0.417 e. The lowest BCUT2D eigenvalue weighted by Crippen LogP contribution is -2.49. The van der Waals surface area contributed by atoms with Crippen LogP contribution >= 0.6 is 0 Å². The molecule has 4 N–H and O–H groups in total. The highest BCUT2D eigenvalue weighted by molar-refractivity contribution is 5.98. The molecule has 5 rings (SSSR count). The summed E-state index contributed by atoms with van der Waals surface area (Å²) in [6.45, 7) is -0.540. The molecule has 0 unspecified atom stereocenters. The number of nitrogen functional groups attached to an aromatic ring is 1. The Kier molecular flexibility index (Phi) is 7.39. The van der Waals surface area contributed by atoms with Gasteiger partial charge in [-0.25, -0.2) is 18.9 Å². The zero-order valence-electron chi connectivity index (χ0n) is 22.2. The number of alkyl halides is 4. The fourth-order valence-electron chi connectivity index (χ4n) is 5.49. The largest absolute Gasteiger partial charge is 0.480 e. The number of hydrogen-bond acceptors (Lipinski definition) is 9. The number of methoxy groups -OCH3 is 1. The Hall–Kier alpha value is -4.52. The molecule has 2 atom stereocenters. The molecule has 1 aliphatic carbocycles. The molecule has 2 amide bonds. The molecule has 1 aliphatic heterocycles. The van der Waals surface area contributed by atoms with Crippen LogP contribution in [0.3, 0.4) is 0 Å². The summed E-state index contributed by atoms with van der Waals surface area (Å²) in [7, 11) is 1.29. The number of carbonyl (C=O) groups is 2. The number of anilines is 1. The van der Waals surface area contributed by atoms with E-state index >= 15 is 4.39 Å². The van der Waals surface area contributed by atoms with E-state index < -0.39 is 54.6 Å². The molecule has 4 heterocycles. The van der Waals surface area contributed by atoms with E-state index in [4.69, 9.17) is 10.5 Å². The van der Waals surface area contributed by atoms with Gasteiger partial charge in [0, 0.05) is 24.2 Å². The highest BCUT2D eigenvalue weighted by Crippen LogP contribution is 2.43. The van der Waals surface area contributed by atoms with Gasteiger partial charge >= 0.3 is 6.18 Å². The van der Waals surface area contributed by atoms with E-state index in [9.17, 15) is 33.1 Å². The van der Waals surface area contributed by atoms with E-state index in [1.54, 1.807) is 0 Å². The van der Waals surface area contributed by atoms with E-state index in [0.717, 1.165) is 0 Å². The normalized spacial score (nSPS) is 24.4. The summed E-state index contributed by atoms with van der Waals surface area (Å²) in [5.41, 5.74) is 4.14. The second-order valence-corrected chi connectivity index (χ2v) is 10.4. The average molecular weight is 591 g/mol. The molecule has 0 spiro atoms. The van der Waals surface area contributed by atoms with Crippen LogP contribution in [0.25, 0.3) is 16.8 Å². The monoisotopic (exact) mass is 590 g/mol. The van der Waals surface area contributed by atoms with Crippen molar-refractivity contribution in [1.82, 2.24) is 29.8 Å². The Labute approximate surface area is 236 Å². The fourth-order valence-corrected chi connectivity index (χ4v) is 5.49. The van der Waals surface area contributed by atoms with Gasteiger partial charge in [0.1, 0.15) is 29.6 Å². The first-order chi connectivity index (χ1) is 19.9. The Balaban J connectivity index is 1.32. The van der Waals surface area contributed by atoms with Crippen LogP contribution in [0, 0.1) is 17.2 Å². The third kappa shape index (κ3) is 5.04. The summed E-state index contributed by atoms with van der Waals surface area (Å²) in [5.74, 6) is -2.02. The van der Waals surface area contributed by atoms with Crippen molar-refractivity contribution in [3.63, 3.8) is 0 Å². The van der Waals surface area contributed by atoms with Gasteiger partial charge in [0.2, 0.25) is 11.8 Å². The molecule has 2 aliphatic rings.